The molecular weight excluding hydrogens is 250 g/mol. The number of nitrogens with zero attached hydrogens (tertiary/aromatic N) is 3. The van der Waals surface area contributed by atoms with E-state index in [0.717, 1.165) is 13.0 Å². The molecule has 1 fully saturated rings. The van der Waals surface area contributed by atoms with Gasteiger partial charge in [-0.05, 0) is 53.6 Å². The van der Waals surface area contributed by atoms with E-state index in [-0.39, 0.29) is 5.91 Å². The second kappa shape index (κ2) is 7.41. The zero-order chi connectivity index (χ0) is 15.3. The largest absolute Gasteiger partial charge is 0.349 e. The van der Waals surface area contributed by atoms with Crippen LogP contribution in [-0.4, -0.2) is 73.0 Å². The summed E-state index contributed by atoms with van der Waals surface area (Å²) in [5, 5.41) is 0. The maximum Gasteiger partial charge on any atom is 0.222 e. The summed E-state index contributed by atoms with van der Waals surface area (Å²) in [7, 11) is 5.86. The molecule has 0 spiro atoms. The first-order valence-electron chi connectivity index (χ1n) is 7.87. The van der Waals surface area contributed by atoms with Crippen molar-refractivity contribution in [2.75, 3.05) is 40.8 Å². The minimum atomic E-state index is 0.237. The molecular formula is C16H33N3O. The summed E-state index contributed by atoms with van der Waals surface area (Å²) in [6.45, 7) is 10.3. The Bertz CT molecular complexity index is 301. The van der Waals surface area contributed by atoms with E-state index in [4.69, 9.17) is 0 Å². The number of piperidine rings is 1. The summed E-state index contributed by atoms with van der Waals surface area (Å²) >= 11 is 0. The SMILES string of the molecule is CN(C)C(=O)CCCN(C)C1CCN(C(C)(C)C)CC1. The lowest BCUT2D eigenvalue weighted by Crippen LogP contribution is -2.50. The second-order valence-electron chi connectivity index (χ2n) is 7.26. The molecule has 0 unspecified atom stereocenters. The molecule has 1 aliphatic heterocycles. The van der Waals surface area contributed by atoms with Gasteiger partial charge in [-0.2, -0.15) is 0 Å². The Hall–Kier alpha value is -0.610. The summed E-state index contributed by atoms with van der Waals surface area (Å²) in [5.41, 5.74) is 0.293. The molecule has 4 heteroatoms. The van der Waals surface area contributed by atoms with Gasteiger partial charge in [0.05, 0.1) is 0 Å². The van der Waals surface area contributed by atoms with Crippen molar-refractivity contribution in [3.05, 3.63) is 0 Å². The average molecular weight is 283 g/mol. The lowest BCUT2D eigenvalue weighted by molar-refractivity contribution is -0.128. The van der Waals surface area contributed by atoms with E-state index in [2.05, 4.69) is 37.6 Å². The average Bonchev–Trinajstić information content (AvgIpc) is 2.37. The molecule has 0 radical (unpaired) electrons. The normalized spacial score (nSPS) is 18.6. The number of amides is 1. The van der Waals surface area contributed by atoms with Crippen molar-refractivity contribution in [3.8, 4) is 0 Å². The lowest BCUT2D eigenvalue weighted by atomic mass is 9.97. The van der Waals surface area contributed by atoms with Crippen molar-refractivity contribution in [2.24, 2.45) is 0 Å². The fraction of sp³-hybridized carbons (Fsp3) is 0.938. The van der Waals surface area contributed by atoms with E-state index >= 15 is 0 Å². The molecule has 1 aliphatic rings. The van der Waals surface area contributed by atoms with Crippen LogP contribution in [0.1, 0.15) is 46.5 Å². The van der Waals surface area contributed by atoms with E-state index in [1.807, 2.05) is 14.1 Å². The van der Waals surface area contributed by atoms with Crippen LogP contribution in [0.5, 0.6) is 0 Å². The van der Waals surface area contributed by atoms with Gasteiger partial charge in [-0.3, -0.25) is 9.69 Å². The minimum absolute atomic E-state index is 0.237. The van der Waals surface area contributed by atoms with Crippen LogP contribution in [-0.2, 0) is 4.79 Å². The Labute approximate surface area is 125 Å². The maximum absolute atomic E-state index is 11.6. The summed E-state index contributed by atoms with van der Waals surface area (Å²) in [5.74, 6) is 0.237. The van der Waals surface area contributed by atoms with Crippen LogP contribution in [0.2, 0.25) is 0 Å². The molecule has 20 heavy (non-hydrogen) atoms. The van der Waals surface area contributed by atoms with Gasteiger partial charge in [-0.1, -0.05) is 0 Å². The van der Waals surface area contributed by atoms with E-state index in [1.54, 1.807) is 4.90 Å². The van der Waals surface area contributed by atoms with Crippen molar-refractivity contribution in [1.82, 2.24) is 14.7 Å². The first-order chi connectivity index (χ1) is 9.21. The molecule has 0 atom stereocenters. The van der Waals surface area contributed by atoms with Crippen molar-refractivity contribution in [3.63, 3.8) is 0 Å². The van der Waals surface area contributed by atoms with Crippen LogP contribution < -0.4 is 0 Å². The second-order valence-corrected chi connectivity index (χ2v) is 7.26. The van der Waals surface area contributed by atoms with Crippen LogP contribution in [0.3, 0.4) is 0 Å². The third-order valence-electron chi connectivity index (χ3n) is 4.44. The first-order valence-corrected chi connectivity index (χ1v) is 7.87. The van der Waals surface area contributed by atoms with Crippen molar-refractivity contribution < 1.29 is 4.79 Å². The minimum Gasteiger partial charge on any atom is -0.349 e. The Balaban J connectivity index is 2.26. The van der Waals surface area contributed by atoms with Gasteiger partial charge in [0.1, 0.15) is 0 Å². The van der Waals surface area contributed by atoms with Crippen LogP contribution in [0.15, 0.2) is 0 Å². The third kappa shape index (κ3) is 5.41. The maximum atomic E-state index is 11.6. The number of carbonyl (C=O) groups excluding carboxylic acids is 1. The lowest BCUT2D eigenvalue weighted by Gasteiger charge is -2.43. The van der Waals surface area contributed by atoms with E-state index in [1.165, 1.54) is 25.9 Å². The quantitative estimate of drug-likeness (QED) is 0.772. The smallest absolute Gasteiger partial charge is 0.222 e. The van der Waals surface area contributed by atoms with E-state index in [0.29, 0.717) is 18.0 Å². The predicted molar refractivity (Wildman–Crippen MR) is 84.9 cm³/mol. The van der Waals surface area contributed by atoms with Crippen molar-refractivity contribution >= 4 is 5.91 Å². The number of hydrogen-bond donors (Lipinski definition) is 0. The predicted octanol–water partition coefficient (Wildman–Crippen LogP) is 2.05. The highest BCUT2D eigenvalue weighted by atomic mass is 16.2. The summed E-state index contributed by atoms with van der Waals surface area (Å²) in [6.07, 6.45) is 4.12. The molecule has 0 aromatic rings. The van der Waals surface area contributed by atoms with Gasteiger partial charge >= 0.3 is 0 Å². The molecule has 0 aromatic carbocycles. The van der Waals surface area contributed by atoms with Crippen LogP contribution in [0.4, 0.5) is 0 Å². The van der Waals surface area contributed by atoms with Crippen LogP contribution in [0, 0.1) is 0 Å². The van der Waals surface area contributed by atoms with E-state index < -0.39 is 0 Å². The molecule has 0 aromatic heterocycles. The van der Waals surface area contributed by atoms with Crippen molar-refractivity contribution in [1.29, 1.82) is 0 Å². The molecule has 4 nitrogen and oxygen atoms in total. The van der Waals surface area contributed by atoms with Crippen molar-refractivity contribution in [2.45, 2.75) is 58.0 Å². The number of likely N-dealkylation sites (tertiary alicyclic amines) is 1. The molecule has 1 heterocycles. The molecule has 0 N–H and O–H groups in total. The highest BCUT2D eigenvalue weighted by Gasteiger charge is 2.28. The standard InChI is InChI=1S/C16H33N3O/c1-16(2,3)19-12-9-14(10-13-19)18(6)11-7-8-15(20)17(4)5/h14H,7-13H2,1-6H3. The zero-order valence-electron chi connectivity index (χ0n) is 14.3. The number of hydrogen-bond acceptors (Lipinski definition) is 3. The Morgan fingerprint density at radius 1 is 1.15 bits per heavy atom. The molecule has 118 valence electrons. The number of rotatable bonds is 5. The van der Waals surface area contributed by atoms with Gasteiger partial charge in [0.15, 0.2) is 0 Å². The van der Waals surface area contributed by atoms with Gasteiger partial charge in [0, 0.05) is 45.2 Å². The summed E-state index contributed by atoms with van der Waals surface area (Å²) < 4.78 is 0. The number of carbonyl (C=O) groups is 1. The van der Waals surface area contributed by atoms with Gasteiger partial charge < -0.3 is 9.80 Å². The molecule has 1 saturated heterocycles. The summed E-state index contributed by atoms with van der Waals surface area (Å²) in [4.78, 5) is 18.3. The first kappa shape index (κ1) is 17.4. The molecule has 0 bridgehead atoms. The van der Waals surface area contributed by atoms with Gasteiger partial charge in [0.25, 0.3) is 0 Å². The fourth-order valence-electron chi connectivity index (χ4n) is 2.86. The monoisotopic (exact) mass is 283 g/mol. The highest BCUT2D eigenvalue weighted by molar-refractivity contribution is 5.75. The highest BCUT2D eigenvalue weighted by Crippen LogP contribution is 2.22. The Kier molecular flexibility index (Phi) is 6.46. The van der Waals surface area contributed by atoms with Gasteiger partial charge in [0.2, 0.25) is 5.91 Å². The molecule has 0 aliphatic carbocycles. The van der Waals surface area contributed by atoms with Gasteiger partial charge in [-0.25, -0.2) is 0 Å². The zero-order valence-corrected chi connectivity index (χ0v) is 14.3. The Morgan fingerprint density at radius 3 is 2.15 bits per heavy atom. The van der Waals surface area contributed by atoms with Crippen LogP contribution >= 0.6 is 0 Å². The molecule has 1 amide bonds. The summed E-state index contributed by atoms with van der Waals surface area (Å²) in [6, 6.07) is 0.683. The third-order valence-corrected chi connectivity index (χ3v) is 4.44. The van der Waals surface area contributed by atoms with E-state index in [9.17, 15) is 4.79 Å². The van der Waals surface area contributed by atoms with Crippen LogP contribution in [0.25, 0.3) is 0 Å². The molecule has 1 rings (SSSR count). The topological polar surface area (TPSA) is 26.8 Å². The van der Waals surface area contributed by atoms with Gasteiger partial charge in [-0.15, -0.1) is 0 Å². The molecule has 0 saturated carbocycles. The fourth-order valence-corrected chi connectivity index (χ4v) is 2.86. The Morgan fingerprint density at radius 2 is 1.70 bits per heavy atom.